The van der Waals surface area contributed by atoms with Crippen molar-refractivity contribution in [3.63, 3.8) is 0 Å². The molecule has 0 saturated carbocycles. The van der Waals surface area contributed by atoms with Crippen LogP contribution in [0.4, 0.5) is 0 Å². The Bertz CT molecular complexity index is 469. The predicted molar refractivity (Wildman–Crippen MR) is 119 cm³/mol. The van der Waals surface area contributed by atoms with Crippen molar-refractivity contribution in [3.05, 3.63) is 24.2 Å². The molecule has 28 heavy (non-hydrogen) atoms. The third-order valence-electron chi connectivity index (χ3n) is 4.39. The van der Waals surface area contributed by atoms with Crippen molar-refractivity contribution >= 4 is 37.2 Å². The van der Waals surface area contributed by atoms with Gasteiger partial charge in [0.2, 0.25) is 0 Å². The molecule has 1 aromatic rings. The molecule has 1 fully saturated rings. The maximum atomic E-state index is 11.0. The topological polar surface area (TPSA) is 56.5 Å². The Morgan fingerprint density at radius 1 is 0.964 bits per heavy atom. The first-order valence-electron chi connectivity index (χ1n) is 9.73. The van der Waals surface area contributed by atoms with Crippen LogP contribution in [0.3, 0.4) is 0 Å². The number of hydrogen-bond acceptors (Lipinski definition) is 4. The van der Waals surface area contributed by atoms with Gasteiger partial charge in [0.05, 0.1) is 12.3 Å². The summed E-state index contributed by atoms with van der Waals surface area (Å²) in [6.45, 7) is 13.7. The first kappa shape index (κ1) is 30.5. The second kappa shape index (κ2) is 20.5. The van der Waals surface area contributed by atoms with Gasteiger partial charge in [0.1, 0.15) is 0 Å². The quantitative estimate of drug-likeness (QED) is 0.152. The van der Waals surface area contributed by atoms with Gasteiger partial charge in [-0.15, -0.1) is 21.9 Å². The van der Waals surface area contributed by atoms with Crippen LogP contribution >= 0.6 is 25.3 Å². The van der Waals surface area contributed by atoms with Crippen LogP contribution in [0, 0.1) is 6.26 Å². The number of furan rings is 1. The van der Waals surface area contributed by atoms with E-state index in [0.29, 0.717) is 21.6 Å². The summed E-state index contributed by atoms with van der Waals surface area (Å²) in [4.78, 5) is 21.6. The average Bonchev–Trinajstić information content (AvgIpc) is 3.36. The zero-order valence-electron chi connectivity index (χ0n) is 17.9. The molecule has 0 bridgehead atoms. The molecule has 1 unspecified atom stereocenters. The molecule has 1 saturated heterocycles. The summed E-state index contributed by atoms with van der Waals surface area (Å²) < 4.78 is 9.20. The molecule has 0 spiro atoms. The standard InChI is InChI=1S/C8H5O4.2C6H15P.ClH.Pt/c9-7-4-5(8(10)12-7)6-2-1-3-11-6;2*1-4-7(5-2)6-3;;/h1-2,5H,4H2;2*4-6H2,1-3H3;1H;/q-1;;;;+2/p-1. The molecule has 2 rings (SSSR count). The number of carbonyl (C=O) groups excluding carboxylic acids is 2. The number of cyclic esters (lactones) is 2. The zero-order valence-corrected chi connectivity index (χ0v) is 22.7. The van der Waals surface area contributed by atoms with Gasteiger partial charge in [0, 0.05) is 0 Å². The van der Waals surface area contributed by atoms with Crippen LogP contribution in [0.25, 0.3) is 0 Å². The summed E-state index contributed by atoms with van der Waals surface area (Å²) in [6.07, 6.45) is 11.0. The molecule has 166 valence electrons. The van der Waals surface area contributed by atoms with Crippen molar-refractivity contribution < 1.29 is 37.5 Å². The summed E-state index contributed by atoms with van der Waals surface area (Å²) in [5.74, 6) is -1.17. The van der Waals surface area contributed by atoms with Crippen LogP contribution in [0.2, 0.25) is 0 Å². The average molecular weight is 632 g/mol. The van der Waals surface area contributed by atoms with Crippen molar-refractivity contribution in [1.29, 1.82) is 0 Å². The summed E-state index contributed by atoms with van der Waals surface area (Å²) in [5.41, 5.74) is 0. The fourth-order valence-electron chi connectivity index (χ4n) is 2.47. The maximum absolute atomic E-state index is 11.0. The molecule has 0 aromatic carbocycles. The van der Waals surface area contributed by atoms with E-state index in [2.05, 4.69) is 62.0 Å². The van der Waals surface area contributed by atoms with E-state index < -0.39 is 17.9 Å². The Morgan fingerprint density at radius 2 is 1.39 bits per heavy atom. The third kappa shape index (κ3) is 13.5. The SMILES string of the molecule is CCP(CC)CC.CCP(CC)CC.O=C1CC(c2cc[c-]o2)C(=O)O1.[Cl][Pt+]. The van der Waals surface area contributed by atoms with Gasteiger partial charge in [0.15, 0.2) is 0 Å². The number of esters is 2. The van der Waals surface area contributed by atoms with E-state index >= 15 is 0 Å². The van der Waals surface area contributed by atoms with E-state index in [1.54, 1.807) is 30.9 Å². The van der Waals surface area contributed by atoms with Crippen LogP contribution in [-0.2, 0) is 33.1 Å². The number of hydrogen-bond donors (Lipinski definition) is 0. The van der Waals surface area contributed by atoms with Gasteiger partial charge in [-0.25, -0.2) is 0 Å². The van der Waals surface area contributed by atoms with Crippen molar-refractivity contribution in [1.82, 2.24) is 0 Å². The molecule has 1 aliphatic rings. The minimum absolute atomic E-state index is 0.0696. The molecule has 0 amide bonds. The van der Waals surface area contributed by atoms with Crippen LogP contribution in [0.1, 0.15) is 59.6 Å². The minimum atomic E-state index is -0.566. The van der Waals surface area contributed by atoms with E-state index in [1.165, 1.54) is 37.0 Å². The Hall–Kier alpha value is 0.258. The molecule has 2 heterocycles. The van der Waals surface area contributed by atoms with Gasteiger partial charge in [-0.1, -0.05) is 41.5 Å². The monoisotopic (exact) mass is 631 g/mol. The van der Waals surface area contributed by atoms with Crippen molar-refractivity contribution in [2.24, 2.45) is 0 Å². The normalized spacial score (nSPS) is 15.2. The Kier molecular flexibility index (Phi) is 22.3. The zero-order chi connectivity index (χ0) is 21.9. The van der Waals surface area contributed by atoms with Crippen LogP contribution in [-0.4, -0.2) is 48.9 Å². The fourth-order valence-corrected chi connectivity index (χ4v) is 5.16. The van der Waals surface area contributed by atoms with Gasteiger partial charge >= 0.3 is 40.1 Å². The fraction of sp³-hybridized carbons (Fsp3) is 0.700. The van der Waals surface area contributed by atoms with E-state index in [9.17, 15) is 9.59 Å². The number of carbonyl (C=O) groups is 2. The van der Waals surface area contributed by atoms with Crippen LogP contribution in [0.15, 0.2) is 16.5 Å². The second-order valence-electron chi connectivity index (χ2n) is 5.74. The van der Waals surface area contributed by atoms with Gasteiger partial charge in [-0.05, 0) is 49.0 Å². The molecule has 1 atom stereocenters. The molecular weight excluding hydrogens is 597 g/mol. The molecule has 0 radical (unpaired) electrons. The van der Waals surface area contributed by atoms with E-state index in [0.717, 1.165) is 0 Å². The van der Waals surface area contributed by atoms with Crippen LogP contribution in [0.5, 0.6) is 0 Å². The number of rotatable bonds is 7. The molecule has 1 aliphatic heterocycles. The summed E-state index contributed by atoms with van der Waals surface area (Å²) in [7, 11) is 5.50. The predicted octanol–water partition coefficient (Wildman–Crippen LogP) is 6.38. The molecular formula is C20H35ClO4P2Pt. The van der Waals surface area contributed by atoms with Gasteiger partial charge < -0.3 is 9.15 Å². The third-order valence-corrected chi connectivity index (χ3v) is 9.76. The Labute approximate surface area is 189 Å². The number of halogens is 1. The first-order valence-corrected chi connectivity index (χ1v) is 16.3. The van der Waals surface area contributed by atoms with Crippen LogP contribution < -0.4 is 0 Å². The van der Waals surface area contributed by atoms with E-state index in [-0.39, 0.29) is 6.42 Å². The van der Waals surface area contributed by atoms with Gasteiger partial charge in [-0.2, -0.15) is 6.07 Å². The Morgan fingerprint density at radius 3 is 1.61 bits per heavy atom. The van der Waals surface area contributed by atoms with Crippen molar-refractivity contribution in [3.8, 4) is 0 Å². The summed E-state index contributed by atoms with van der Waals surface area (Å²) in [5, 5.41) is 0. The van der Waals surface area contributed by atoms with E-state index in [1.807, 2.05) is 0 Å². The molecule has 1 aromatic heterocycles. The summed E-state index contributed by atoms with van der Waals surface area (Å²) >= 11 is 1.61. The van der Waals surface area contributed by atoms with Crippen molar-refractivity contribution in [2.75, 3.05) is 37.0 Å². The Balaban J connectivity index is 0. The van der Waals surface area contributed by atoms with E-state index in [4.69, 9.17) is 4.42 Å². The first-order chi connectivity index (χ1) is 13.5. The van der Waals surface area contributed by atoms with Gasteiger partial charge in [-0.3, -0.25) is 9.59 Å². The molecule has 0 aliphatic carbocycles. The number of ether oxygens (including phenoxy) is 1. The molecule has 4 nitrogen and oxygen atoms in total. The molecule has 8 heteroatoms. The van der Waals surface area contributed by atoms with Crippen molar-refractivity contribution in [2.45, 2.75) is 53.9 Å². The second-order valence-corrected chi connectivity index (χ2v) is 12.2. The molecule has 0 N–H and O–H groups in total. The van der Waals surface area contributed by atoms with Gasteiger partial charge in [0.25, 0.3) is 0 Å². The summed E-state index contributed by atoms with van der Waals surface area (Å²) in [6, 6.07) is 3.15.